The third-order valence-corrected chi connectivity index (χ3v) is 6.24. The van der Waals surface area contributed by atoms with Crippen LogP contribution in [-0.4, -0.2) is 30.8 Å². The Hall–Kier alpha value is -2.21. The standard InChI is InChI=1S/C23H25ClN4O2S/c1-2-29-31-30-28-7-4-21(5-8-28)27-23-13-19(11-17-3-6-26-15-22(17)23)18-9-16(14-25)10-20(24)12-18/h3,6,9-13,21,26-27H,2,4-5,7-8,15H2,1H3. The van der Waals surface area contributed by atoms with Gasteiger partial charge in [-0.15, -0.1) is 0 Å². The first-order valence-electron chi connectivity index (χ1n) is 10.4. The highest BCUT2D eigenvalue weighted by atomic mass is 35.5. The van der Waals surface area contributed by atoms with E-state index in [0.717, 1.165) is 61.6 Å². The van der Waals surface area contributed by atoms with E-state index >= 15 is 0 Å². The topological polar surface area (TPSA) is 69.5 Å². The fourth-order valence-corrected chi connectivity index (χ4v) is 4.48. The van der Waals surface area contributed by atoms with Gasteiger partial charge in [-0.3, -0.25) is 4.18 Å². The van der Waals surface area contributed by atoms with Crippen LogP contribution in [0.3, 0.4) is 0 Å². The summed E-state index contributed by atoms with van der Waals surface area (Å²) in [6, 6.07) is 12.4. The van der Waals surface area contributed by atoms with Crippen LogP contribution in [0.4, 0.5) is 5.69 Å². The van der Waals surface area contributed by atoms with Crippen molar-refractivity contribution >= 4 is 35.7 Å². The molecule has 0 aliphatic carbocycles. The number of rotatable bonds is 7. The maximum Gasteiger partial charge on any atom is 0.178 e. The number of anilines is 1. The molecule has 2 N–H and O–H groups in total. The lowest BCUT2D eigenvalue weighted by Gasteiger charge is -2.32. The highest BCUT2D eigenvalue weighted by molar-refractivity contribution is 7.89. The molecule has 0 saturated carbocycles. The summed E-state index contributed by atoms with van der Waals surface area (Å²) in [5.41, 5.74) is 6.08. The molecule has 2 aromatic rings. The van der Waals surface area contributed by atoms with Gasteiger partial charge in [-0.2, -0.15) is 14.6 Å². The van der Waals surface area contributed by atoms with Gasteiger partial charge in [-0.25, -0.2) is 0 Å². The summed E-state index contributed by atoms with van der Waals surface area (Å²) in [5, 5.41) is 18.9. The number of nitrogens with zero attached hydrogens (tertiary/aromatic N) is 2. The molecule has 0 radical (unpaired) electrons. The predicted octanol–water partition coefficient (Wildman–Crippen LogP) is 5.36. The maximum absolute atomic E-state index is 9.32. The first-order chi connectivity index (χ1) is 15.2. The number of hydrogen-bond donors (Lipinski definition) is 2. The molecule has 4 rings (SSSR count). The highest BCUT2D eigenvalue weighted by Gasteiger charge is 2.22. The summed E-state index contributed by atoms with van der Waals surface area (Å²) in [6.07, 6.45) is 6.01. The van der Waals surface area contributed by atoms with Crippen LogP contribution in [0.15, 0.2) is 36.5 Å². The number of nitriles is 1. The molecular weight excluding hydrogens is 432 g/mol. The molecule has 162 valence electrons. The third-order valence-electron chi connectivity index (χ3n) is 5.42. The van der Waals surface area contributed by atoms with Crippen molar-refractivity contribution in [3.8, 4) is 17.2 Å². The Morgan fingerprint density at radius 1 is 1.23 bits per heavy atom. The Morgan fingerprint density at radius 2 is 2.03 bits per heavy atom. The fraction of sp³-hybridized carbons (Fsp3) is 0.348. The van der Waals surface area contributed by atoms with Crippen molar-refractivity contribution in [1.29, 1.82) is 5.26 Å². The normalized spacial score (nSPS) is 16.4. The molecule has 0 atom stereocenters. The minimum absolute atomic E-state index is 0.358. The second-order valence-electron chi connectivity index (χ2n) is 7.54. The fourth-order valence-electron chi connectivity index (χ4n) is 3.87. The summed E-state index contributed by atoms with van der Waals surface area (Å²) < 4.78 is 10.8. The number of hydroxylamine groups is 2. The largest absolute Gasteiger partial charge is 0.387 e. The zero-order chi connectivity index (χ0) is 21.6. The molecule has 2 heterocycles. The van der Waals surface area contributed by atoms with E-state index in [4.69, 9.17) is 20.1 Å². The predicted molar refractivity (Wildman–Crippen MR) is 126 cm³/mol. The minimum Gasteiger partial charge on any atom is -0.387 e. The van der Waals surface area contributed by atoms with E-state index < -0.39 is 0 Å². The molecule has 2 aromatic carbocycles. The molecule has 31 heavy (non-hydrogen) atoms. The van der Waals surface area contributed by atoms with Crippen molar-refractivity contribution in [2.45, 2.75) is 32.4 Å². The Kier molecular flexibility index (Phi) is 7.38. The van der Waals surface area contributed by atoms with E-state index in [1.54, 1.807) is 6.07 Å². The first kappa shape index (κ1) is 22.0. The van der Waals surface area contributed by atoms with Crippen molar-refractivity contribution in [1.82, 2.24) is 10.4 Å². The number of hydrogen-bond acceptors (Lipinski definition) is 7. The van der Waals surface area contributed by atoms with Crippen LogP contribution in [0.25, 0.3) is 17.2 Å². The monoisotopic (exact) mass is 456 g/mol. The lowest BCUT2D eigenvalue weighted by atomic mass is 9.94. The van der Waals surface area contributed by atoms with Crippen LogP contribution < -0.4 is 10.6 Å². The first-order valence-corrected chi connectivity index (χ1v) is 11.5. The molecule has 0 spiro atoms. The van der Waals surface area contributed by atoms with Crippen molar-refractivity contribution in [3.05, 3.63) is 58.2 Å². The molecule has 0 unspecified atom stereocenters. The molecule has 1 fully saturated rings. The van der Waals surface area contributed by atoms with Crippen molar-refractivity contribution in [2.24, 2.45) is 0 Å². The number of nitrogens with one attached hydrogen (secondary N) is 2. The van der Waals surface area contributed by atoms with Crippen molar-refractivity contribution in [2.75, 3.05) is 25.0 Å². The second-order valence-corrected chi connectivity index (χ2v) is 8.50. The van der Waals surface area contributed by atoms with E-state index in [-0.39, 0.29) is 0 Å². The van der Waals surface area contributed by atoms with E-state index in [9.17, 15) is 5.26 Å². The summed E-state index contributed by atoms with van der Waals surface area (Å²) in [4.78, 5) is 0. The Morgan fingerprint density at radius 3 is 2.81 bits per heavy atom. The second kappa shape index (κ2) is 10.4. The maximum atomic E-state index is 9.32. The van der Waals surface area contributed by atoms with Gasteiger partial charge in [0.2, 0.25) is 0 Å². The van der Waals surface area contributed by atoms with Crippen LogP contribution >= 0.6 is 23.9 Å². The number of piperidine rings is 1. The van der Waals surface area contributed by atoms with E-state index in [1.807, 2.05) is 30.3 Å². The summed E-state index contributed by atoms with van der Waals surface area (Å²) in [6.45, 7) is 5.03. The van der Waals surface area contributed by atoms with Gasteiger partial charge in [0.1, 0.15) is 0 Å². The SMILES string of the molecule is CCOSON1CCC(Nc2cc(-c3cc(Cl)cc(C#N)c3)cc3c2CNC=C3)CC1. The number of benzene rings is 2. The molecule has 0 aromatic heterocycles. The highest BCUT2D eigenvalue weighted by Crippen LogP contribution is 2.34. The zero-order valence-corrected chi connectivity index (χ0v) is 18.9. The van der Waals surface area contributed by atoms with Crippen molar-refractivity contribution in [3.63, 3.8) is 0 Å². The minimum atomic E-state index is 0.358. The lowest BCUT2D eigenvalue weighted by molar-refractivity contribution is -0.0623. The average Bonchev–Trinajstić information content (AvgIpc) is 2.80. The molecule has 1 saturated heterocycles. The molecular formula is C23H25ClN4O2S. The zero-order valence-electron chi connectivity index (χ0n) is 17.4. The smallest absolute Gasteiger partial charge is 0.178 e. The van der Waals surface area contributed by atoms with Gasteiger partial charge in [0.25, 0.3) is 0 Å². The van der Waals surface area contributed by atoms with Crippen LogP contribution in [0.2, 0.25) is 5.02 Å². The summed E-state index contributed by atoms with van der Waals surface area (Å²) in [5.74, 6) is 0. The Bertz CT molecular complexity index is 1000. The van der Waals surface area contributed by atoms with Gasteiger partial charge < -0.3 is 10.6 Å². The summed E-state index contributed by atoms with van der Waals surface area (Å²) in [7, 11) is 0. The number of halogens is 1. The molecule has 6 nitrogen and oxygen atoms in total. The van der Waals surface area contributed by atoms with Crippen LogP contribution in [0.1, 0.15) is 36.5 Å². The van der Waals surface area contributed by atoms with Gasteiger partial charge >= 0.3 is 0 Å². The van der Waals surface area contributed by atoms with Crippen LogP contribution in [0.5, 0.6) is 0 Å². The van der Waals surface area contributed by atoms with E-state index in [0.29, 0.717) is 23.2 Å². The lowest BCUT2D eigenvalue weighted by Crippen LogP contribution is -2.38. The molecule has 2 aliphatic heterocycles. The summed E-state index contributed by atoms with van der Waals surface area (Å²) >= 11 is 7.30. The van der Waals surface area contributed by atoms with Gasteiger partial charge in [-0.1, -0.05) is 11.6 Å². The Balaban J connectivity index is 1.54. The van der Waals surface area contributed by atoms with Gasteiger partial charge in [-0.05, 0) is 79.1 Å². The molecule has 8 heteroatoms. The van der Waals surface area contributed by atoms with Crippen LogP contribution in [-0.2, 0) is 15.0 Å². The van der Waals surface area contributed by atoms with Gasteiger partial charge in [0.15, 0.2) is 12.3 Å². The quantitative estimate of drug-likeness (QED) is 0.429. The number of fused-ring (bicyclic) bond motifs is 1. The van der Waals surface area contributed by atoms with Gasteiger partial charge in [0, 0.05) is 41.9 Å². The van der Waals surface area contributed by atoms with Crippen molar-refractivity contribution < 1.29 is 8.47 Å². The Labute approximate surface area is 192 Å². The van der Waals surface area contributed by atoms with E-state index in [2.05, 4.69) is 34.9 Å². The van der Waals surface area contributed by atoms with E-state index in [1.165, 1.54) is 11.1 Å². The molecule has 2 aliphatic rings. The molecule has 0 amide bonds. The van der Waals surface area contributed by atoms with Crippen LogP contribution in [0, 0.1) is 11.3 Å². The average molecular weight is 457 g/mol. The molecule has 0 bridgehead atoms. The third kappa shape index (κ3) is 5.53. The van der Waals surface area contributed by atoms with Gasteiger partial charge in [0.05, 0.1) is 18.2 Å².